The molecule has 3 heterocycles. The highest BCUT2D eigenvalue weighted by atomic mass is 16.5. The molecule has 0 spiro atoms. The molecule has 3 rings (SSSR count). The van der Waals surface area contributed by atoms with Gasteiger partial charge in [-0.15, -0.1) is 10.2 Å². The number of amides is 2. The molecule has 27 heavy (non-hydrogen) atoms. The molecule has 0 bridgehead atoms. The zero-order valence-electron chi connectivity index (χ0n) is 15.6. The second-order valence-electron chi connectivity index (χ2n) is 6.31. The van der Waals surface area contributed by atoms with Gasteiger partial charge in [0.25, 0.3) is 5.91 Å². The van der Waals surface area contributed by atoms with E-state index in [4.69, 9.17) is 4.74 Å². The third-order valence-electron chi connectivity index (χ3n) is 4.47. The summed E-state index contributed by atoms with van der Waals surface area (Å²) in [5.41, 5.74) is 1.09. The Morgan fingerprint density at radius 1 is 1.22 bits per heavy atom. The minimum Gasteiger partial charge on any atom is -0.477 e. The molecular weight excluding hydrogens is 348 g/mol. The van der Waals surface area contributed by atoms with Gasteiger partial charge in [0.1, 0.15) is 0 Å². The molecule has 0 aromatic carbocycles. The molecule has 2 aromatic heterocycles. The van der Waals surface area contributed by atoms with Crippen LogP contribution >= 0.6 is 0 Å². The number of ether oxygens (including phenoxy) is 1. The number of carbonyl (C=O) groups is 2. The lowest BCUT2D eigenvalue weighted by molar-refractivity contribution is -0.129. The summed E-state index contributed by atoms with van der Waals surface area (Å²) in [5, 5.41) is 15.1. The molecule has 0 atom stereocenters. The van der Waals surface area contributed by atoms with E-state index in [9.17, 15) is 9.59 Å². The topological polar surface area (TPSA) is 102 Å². The van der Waals surface area contributed by atoms with Crippen LogP contribution in [0, 0.1) is 6.92 Å². The second-order valence-corrected chi connectivity index (χ2v) is 6.31. The van der Waals surface area contributed by atoms with E-state index in [1.54, 1.807) is 23.7 Å². The molecule has 0 saturated carbocycles. The standard InChI is InChI=1S/C18H24N6O3/c1-3-27-16-7-6-15(21-22-16)24-13(2)14(12-20-24)18(26)19-9-8-17(25)23-10-4-5-11-23/h6-7,12H,3-5,8-11H2,1-2H3,(H,19,26). The number of nitrogens with one attached hydrogen (secondary N) is 1. The smallest absolute Gasteiger partial charge is 0.254 e. The molecule has 2 aromatic rings. The van der Waals surface area contributed by atoms with Gasteiger partial charge in [-0.25, -0.2) is 4.68 Å². The van der Waals surface area contributed by atoms with E-state index in [1.165, 1.54) is 6.20 Å². The number of likely N-dealkylation sites (tertiary alicyclic amines) is 1. The van der Waals surface area contributed by atoms with Crippen molar-refractivity contribution in [3.05, 3.63) is 29.6 Å². The molecule has 1 aliphatic heterocycles. The van der Waals surface area contributed by atoms with Gasteiger partial charge in [-0.2, -0.15) is 5.10 Å². The molecule has 9 heteroatoms. The van der Waals surface area contributed by atoms with Crippen molar-refractivity contribution in [1.29, 1.82) is 0 Å². The number of carbonyl (C=O) groups excluding carboxylic acids is 2. The second kappa shape index (κ2) is 8.61. The van der Waals surface area contributed by atoms with Crippen LogP contribution in [0.4, 0.5) is 0 Å². The summed E-state index contributed by atoms with van der Waals surface area (Å²) >= 11 is 0. The van der Waals surface area contributed by atoms with Crippen LogP contribution < -0.4 is 10.1 Å². The van der Waals surface area contributed by atoms with E-state index < -0.39 is 0 Å². The first kappa shape index (κ1) is 18.8. The first-order chi connectivity index (χ1) is 13.1. The lowest BCUT2D eigenvalue weighted by atomic mass is 10.2. The Kier molecular flexibility index (Phi) is 6.00. The van der Waals surface area contributed by atoms with Crippen molar-refractivity contribution in [1.82, 2.24) is 30.2 Å². The minimum atomic E-state index is -0.258. The molecule has 0 unspecified atom stereocenters. The highest BCUT2D eigenvalue weighted by Gasteiger charge is 2.19. The minimum absolute atomic E-state index is 0.0879. The van der Waals surface area contributed by atoms with E-state index in [1.807, 2.05) is 11.8 Å². The Hall–Kier alpha value is -2.97. The fourth-order valence-corrected chi connectivity index (χ4v) is 3.02. The molecule has 0 aliphatic carbocycles. The van der Waals surface area contributed by atoms with Crippen molar-refractivity contribution < 1.29 is 14.3 Å². The SMILES string of the molecule is CCOc1ccc(-n2ncc(C(=O)NCCC(=O)N3CCCC3)c2C)nn1. The van der Waals surface area contributed by atoms with E-state index in [2.05, 4.69) is 20.6 Å². The summed E-state index contributed by atoms with van der Waals surface area (Å²) in [6.45, 7) is 6.12. The molecule has 9 nitrogen and oxygen atoms in total. The average molecular weight is 372 g/mol. The average Bonchev–Trinajstić information content (AvgIpc) is 3.32. The summed E-state index contributed by atoms with van der Waals surface area (Å²) in [4.78, 5) is 26.3. The number of hydrogen-bond donors (Lipinski definition) is 1. The van der Waals surface area contributed by atoms with E-state index >= 15 is 0 Å². The van der Waals surface area contributed by atoms with Crippen LogP contribution in [0.1, 0.15) is 42.2 Å². The fourth-order valence-electron chi connectivity index (χ4n) is 3.02. The molecule has 1 saturated heterocycles. The van der Waals surface area contributed by atoms with Gasteiger partial charge in [0.2, 0.25) is 11.8 Å². The van der Waals surface area contributed by atoms with Gasteiger partial charge in [-0.05, 0) is 32.8 Å². The number of nitrogens with zero attached hydrogens (tertiary/aromatic N) is 5. The largest absolute Gasteiger partial charge is 0.477 e. The van der Waals surface area contributed by atoms with Gasteiger partial charge in [0.15, 0.2) is 5.82 Å². The maximum absolute atomic E-state index is 12.4. The van der Waals surface area contributed by atoms with Crippen LogP contribution in [0.3, 0.4) is 0 Å². The quantitative estimate of drug-likeness (QED) is 0.781. The molecule has 1 fully saturated rings. The predicted octanol–water partition coefficient (Wildman–Crippen LogP) is 1.11. The van der Waals surface area contributed by atoms with Crippen LogP contribution in [0.2, 0.25) is 0 Å². The van der Waals surface area contributed by atoms with Crippen molar-refractivity contribution in [2.24, 2.45) is 0 Å². The molecular formula is C18H24N6O3. The molecule has 144 valence electrons. The van der Waals surface area contributed by atoms with E-state index in [0.29, 0.717) is 42.5 Å². The Morgan fingerprint density at radius 3 is 2.67 bits per heavy atom. The summed E-state index contributed by atoms with van der Waals surface area (Å²) in [5.74, 6) is 0.766. The maximum Gasteiger partial charge on any atom is 0.254 e. The zero-order valence-corrected chi connectivity index (χ0v) is 15.6. The monoisotopic (exact) mass is 372 g/mol. The van der Waals surface area contributed by atoms with Crippen LogP contribution in [0.5, 0.6) is 5.88 Å². The highest BCUT2D eigenvalue weighted by Crippen LogP contribution is 2.14. The number of hydrogen-bond acceptors (Lipinski definition) is 6. The Labute approximate surface area is 157 Å². The molecule has 1 N–H and O–H groups in total. The third-order valence-corrected chi connectivity index (χ3v) is 4.47. The van der Waals surface area contributed by atoms with Crippen molar-refractivity contribution in [2.75, 3.05) is 26.2 Å². The number of aromatic nitrogens is 4. The first-order valence-corrected chi connectivity index (χ1v) is 9.17. The predicted molar refractivity (Wildman–Crippen MR) is 97.8 cm³/mol. The summed E-state index contributed by atoms with van der Waals surface area (Å²) in [6, 6.07) is 3.44. The molecule has 0 radical (unpaired) electrons. The van der Waals surface area contributed by atoms with Gasteiger partial charge in [-0.1, -0.05) is 0 Å². The van der Waals surface area contributed by atoms with Crippen LogP contribution in [-0.2, 0) is 4.79 Å². The number of rotatable bonds is 7. The summed E-state index contributed by atoms with van der Waals surface area (Å²) in [6.07, 6.45) is 3.92. The van der Waals surface area contributed by atoms with Gasteiger partial charge in [0.05, 0.1) is 24.1 Å². The Morgan fingerprint density at radius 2 is 2.00 bits per heavy atom. The molecule has 2 amide bonds. The van der Waals surface area contributed by atoms with Crippen molar-refractivity contribution >= 4 is 11.8 Å². The Balaban J connectivity index is 1.58. The van der Waals surface area contributed by atoms with Crippen LogP contribution in [-0.4, -0.2) is 62.9 Å². The van der Waals surface area contributed by atoms with Gasteiger partial charge in [-0.3, -0.25) is 9.59 Å². The fraction of sp³-hybridized carbons (Fsp3) is 0.500. The van der Waals surface area contributed by atoms with E-state index in [0.717, 1.165) is 25.9 Å². The van der Waals surface area contributed by atoms with Gasteiger partial charge < -0.3 is 15.0 Å². The van der Waals surface area contributed by atoms with E-state index in [-0.39, 0.29) is 11.8 Å². The first-order valence-electron chi connectivity index (χ1n) is 9.17. The molecule has 1 aliphatic rings. The normalized spacial score (nSPS) is 13.6. The lowest BCUT2D eigenvalue weighted by Crippen LogP contribution is -2.32. The van der Waals surface area contributed by atoms with Crippen molar-refractivity contribution in [2.45, 2.75) is 33.1 Å². The van der Waals surface area contributed by atoms with Crippen LogP contribution in [0.15, 0.2) is 18.3 Å². The zero-order chi connectivity index (χ0) is 19.2. The summed E-state index contributed by atoms with van der Waals surface area (Å²) < 4.78 is 6.82. The maximum atomic E-state index is 12.4. The van der Waals surface area contributed by atoms with Gasteiger partial charge in [0, 0.05) is 32.1 Å². The van der Waals surface area contributed by atoms with Crippen LogP contribution in [0.25, 0.3) is 5.82 Å². The summed E-state index contributed by atoms with van der Waals surface area (Å²) in [7, 11) is 0. The Bertz CT molecular complexity index is 796. The lowest BCUT2D eigenvalue weighted by Gasteiger charge is -2.15. The van der Waals surface area contributed by atoms with Crippen molar-refractivity contribution in [3.63, 3.8) is 0 Å². The van der Waals surface area contributed by atoms with Crippen molar-refractivity contribution in [3.8, 4) is 11.7 Å². The van der Waals surface area contributed by atoms with Gasteiger partial charge >= 0.3 is 0 Å². The highest BCUT2D eigenvalue weighted by molar-refractivity contribution is 5.95. The third kappa shape index (κ3) is 4.42.